The van der Waals surface area contributed by atoms with Crippen LogP contribution in [0.2, 0.25) is 0 Å². The Balaban J connectivity index is 2.03. The lowest BCUT2D eigenvalue weighted by molar-refractivity contribution is 0.0520. The van der Waals surface area contributed by atoms with Crippen LogP contribution < -0.4 is 0 Å². The fourth-order valence-electron chi connectivity index (χ4n) is 1.01. The molecule has 0 spiro atoms. The zero-order valence-electron chi connectivity index (χ0n) is 8.11. The summed E-state index contributed by atoms with van der Waals surface area (Å²) in [4.78, 5) is 0. The van der Waals surface area contributed by atoms with E-state index in [0.717, 1.165) is 0 Å². The van der Waals surface area contributed by atoms with Gasteiger partial charge in [-0.1, -0.05) is 36.3 Å². The quantitative estimate of drug-likeness (QED) is 0.503. The van der Waals surface area contributed by atoms with Crippen molar-refractivity contribution in [3.05, 3.63) is 35.9 Å². The van der Waals surface area contributed by atoms with Crippen LogP contribution in [0.1, 0.15) is 5.56 Å². The monoisotopic (exact) mass is 190 g/mol. The van der Waals surface area contributed by atoms with Crippen LogP contribution in [0.15, 0.2) is 30.3 Å². The van der Waals surface area contributed by atoms with E-state index in [1.54, 1.807) is 0 Å². The maximum absolute atomic E-state index is 5.37. The number of terminal acetylenes is 1. The summed E-state index contributed by atoms with van der Waals surface area (Å²) in [5.41, 5.74) is 1.17. The molecule has 2 heteroatoms. The highest BCUT2D eigenvalue weighted by Crippen LogP contribution is 1.99. The zero-order valence-corrected chi connectivity index (χ0v) is 8.11. The van der Waals surface area contributed by atoms with Crippen LogP contribution in [0.4, 0.5) is 0 Å². The third-order valence-electron chi connectivity index (χ3n) is 1.67. The second kappa shape index (κ2) is 7.14. The number of hydrogen-bond donors (Lipinski definition) is 0. The minimum absolute atomic E-state index is 0.356. The molecule has 0 aliphatic heterocycles. The lowest BCUT2D eigenvalue weighted by atomic mass is 10.2. The highest BCUT2D eigenvalue weighted by Gasteiger charge is 1.91. The molecular formula is C12H14O2. The van der Waals surface area contributed by atoms with Crippen LogP contribution >= 0.6 is 0 Å². The third-order valence-corrected chi connectivity index (χ3v) is 1.67. The van der Waals surface area contributed by atoms with Gasteiger partial charge in [-0.05, 0) is 5.56 Å². The molecule has 0 fully saturated rings. The predicted octanol–water partition coefficient (Wildman–Crippen LogP) is 1.85. The van der Waals surface area contributed by atoms with E-state index in [9.17, 15) is 0 Å². The number of rotatable bonds is 6. The van der Waals surface area contributed by atoms with Crippen molar-refractivity contribution in [3.63, 3.8) is 0 Å². The van der Waals surface area contributed by atoms with Crippen molar-refractivity contribution in [3.8, 4) is 12.3 Å². The highest BCUT2D eigenvalue weighted by molar-refractivity contribution is 5.13. The van der Waals surface area contributed by atoms with E-state index in [-0.39, 0.29) is 0 Å². The topological polar surface area (TPSA) is 18.5 Å². The molecule has 0 unspecified atom stereocenters. The van der Waals surface area contributed by atoms with Gasteiger partial charge in [0.1, 0.15) is 6.61 Å². The molecule has 2 nitrogen and oxygen atoms in total. The normalized spacial score (nSPS) is 9.64. The van der Waals surface area contributed by atoms with Gasteiger partial charge in [-0.15, -0.1) is 6.42 Å². The standard InChI is InChI=1S/C12H14O2/c1-2-8-13-9-10-14-11-12-6-4-3-5-7-12/h1,3-7H,8-11H2. The lowest BCUT2D eigenvalue weighted by Crippen LogP contribution is -2.04. The summed E-state index contributed by atoms with van der Waals surface area (Å²) in [6, 6.07) is 10.0. The largest absolute Gasteiger partial charge is 0.374 e. The van der Waals surface area contributed by atoms with Crippen LogP contribution in [0, 0.1) is 12.3 Å². The van der Waals surface area contributed by atoms with Crippen molar-refractivity contribution in [2.45, 2.75) is 6.61 Å². The minimum Gasteiger partial charge on any atom is -0.374 e. The number of ether oxygens (including phenoxy) is 2. The predicted molar refractivity (Wildman–Crippen MR) is 55.8 cm³/mol. The average Bonchev–Trinajstić information content (AvgIpc) is 2.25. The Kier molecular flexibility index (Phi) is 5.49. The molecular weight excluding hydrogens is 176 g/mol. The van der Waals surface area contributed by atoms with Crippen LogP contribution in [0.25, 0.3) is 0 Å². The van der Waals surface area contributed by atoms with Gasteiger partial charge in [0.2, 0.25) is 0 Å². The van der Waals surface area contributed by atoms with Crippen LogP contribution in [-0.2, 0) is 16.1 Å². The van der Waals surface area contributed by atoms with Crippen LogP contribution in [-0.4, -0.2) is 19.8 Å². The first-order chi connectivity index (χ1) is 6.93. The minimum atomic E-state index is 0.356. The molecule has 0 aliphatic rings. The summed E-state index contributed by atoms with van der Waals surface area (Å²) in [5.74, 6) is 2.40. The first-order valence-electron chi connectivity index (χ1n) is 4.56. The SMILES string of the molecule is C#CCOCCOCc1ccccc1. The molecule has 1 rings (SSSR count). The van der Waals surface area contributed by atoms with E-state index < -0.39 is 0 Å². The second-order valence-corrected chi connectivity index (χ2v) is 2.79. The van der Waals surface area contributed by atoms with E-state index in [2.05, 4.69) is 5.92 Å². The van der Waals surface area contributed by atoms with Gasteiger partial charge in [-0.25, -0.2) is 0 Å². The van der Waals surface area contributed by atoms with E-state index >= 15 is 0 Å². The summed E-state index contributed by atoms with van der Waals surface area (Å²) in [5, 5.41) is 0. The fourth-order valence-corrected chi connectivity index (χ4v) is 1.01. The maximum Gasteiger partial charge on any atom is 0.107 e. The van der Waals surface area contributed by atoms with E-state index in [1.807, 2.05) is 30.3 Å². The molecule has 0 N–H and O–H groups in total. The van der Waals surface area contributed by atoms with Crippen LogP contribution in [0.5, 0.6) is 0 Å². The Morgan fingerprint density at radius 1 is 1.07 bits per heavy atom. The Labute approximate surface area is 84.8 Å². The van der Waals surface area contributed by atoms with Crippen molar-refractivity contribution >= 4 is 0 Å². The van der Waals surface area contributed by atoms with Gasteiger partial charge in [0.15, 0.2) is 0 Å². The maximum atomic E-state index is 5.37. The fraction of sp³-hybridized carbons (Fsp3) is 0.333. The zero-order chi connectivity index (χ0) is 10.1. The van der Waals surface area contributed by atoms with Gasteiger partial charge in [-0.2, -0.15) is 0 Å². The van der Waals surface area contributed by atoms with Gasteiger partial charge in [0.05, 0.1) is 19.8 Å². The summed E-state index contributed by atoms with van der Waals surface area (Å²) >= 11 is 0. The summed E-state index contributed by atoms with van der Waals surface area (Å²) < 4.78 is 10.4. The average molecular weight is 190 g/mol. The molecule has 0 heterocycles. The first-order valence-corrected chi connectivity index (χ1v) is 4.56. The van der Waals surface area contributed by atoms with Crippen molar-refractivity contribution in [1.82, 2.24) is 0 Å². The third kappa shape index (κ3) is 4.66. The molecule has 74 valence electrons. The van der Waals surface area contributed by atoms with E-state index in [4.69, 9.17) is 15.9 Å². The van der Waals surface area contributed by atoms with Gasteiger partial charge >= 0.3 is 0 Å². The van der Waals surface area contributed by atoms with Gasteiger partial charge in [0.25, 0.3) is 0 Å². The number of hydrogen-bond acceptors (Lipinski definition) is 2. The van der Waals surface area contributed by atoms with E-state index in [1.165, 1.54) is 5.56 Å². The highest BCUT2D eigenvalue weighted by atomic mass is 16.5. The number of benzene rings is 1. The van der Waals surface area contributed by atoms with Gasteiger partial charge in [0, 0.05) is 0 Å². The Hall–Kier alpha value is -1.30. The molecule has 0 bridgehead atoms. The summed E-state index contributed by atoms with van der Waals surface area (Å²) in [6.07, 6.45) is 5.02. The Morgan fingerprint density at radius 3 is 2.50 bits per heavy atom. The van der Waals surface area contributed by atoms with Gasteiger partial charge < -0.3 is 9.47 Å². The molecule has 0 atom stereocenters. The Bertz CT molecular complexity index is 274. The molecule has 0 aromatic heterocycles. The molecule has 0 saturated heterocycles. The molecule has 1 aromatic rings. The molecule has 0 amide bonds. The van der Waals surface area contributed by atoms with E-state index in [0.29, 0.717) is 26.4 Å². The molecule has 0 radical (unpaired) electrons. The smallest absolute Gasteiger partial charge is 0.107 e. The van der Waals surface area contributed by atoms with Crippen molar-refractivity contribution in [2.75, 3.05) is 19.8 Å². The summed E-state index contributed by atoms with van der Waals surface area (Å²) in [7, 11) is 0. The van der Waals surface area contributed by atoms with Crippen molar-refractivity contribution in [1.29, 1.82) is 0 Å². The van der Waals surface area contributed by atoms with Crippen molar-refractivity contribution in [2.24, 2.45) is 0 Å². The lowest BCUT2D eigenvalue weighted by Gasteiger charge is -2.03. The Morgan fingerprint density at radius 2 is 1.79 bits per heavy atom. The van der Waals surface area contributed by atoms with Gasteiger partial charge in [-0.3, -0.25) is 0 Å². The first kappa shape index (κ1) is 10.8. The molecule has 14 heavy (non-hydrogen) atoms. The molecule has 0 saturated carbocycles. The summed E-state index contributed by atoms with van der Waals surface area (Å²) in [6.45, 7) is 2.11. The molecule has 0 aliphatic carbocycles. The molecule has 1 aromatic carbocycles. The van der Waals surface area contributed by atoms with Crippen LogP contribution in [0.3, 0.4) is 0 Å². The van der Waals surface area contributed by atoms with Crippen molar-refractivity contribution < 1.29 is 9.47 Å². The second-order valence-electron chi connectivity index (χ2n) is 2.79.